The molecule has 5 heteroatoms. The zero-order valence-corrected chi connectivity index (χ0v) is 11.6. The summed E-state index contributed by atoms with van der Waals surface area (Å²) in [6.07, 6.45) is 3.00. The number of carbonyl (C=O) groups excluding carboxylic acids is 1. The Morgan fingerprint density at radius 3 is 3.00 bits per heavy atom. The Bertz CT molecular complexity index is 453. The topological polar surface area (TPSA) is 46.3 Å². The SMILES string of the molecule is NC[C@@H]1CCCCN1C(=O)c1cc(F)ccc1Br. The van der Waals surface area contributed by atoms with Gasteiger partial charge in [-0.3, -0.25) is 4.79 Å². The summed E-state index contributed by atoms with van der Waals surface area (Å²) in [6, 6.07) is 4.23. The van der Waals surface area contributed by atoms with Gasteiger partial charge in [0.25, 0.3) is 5.91 Å². The van der Waals surface area contributed by atoms with E-state index in [2.05, 4.69) is 15.9 Å². The average Bonchev–Trinajstić information content (AvgIpc) is 2.40. The quantitative estimate of drug-likeness (QED) is 0.912. The molecule has 0 unspecified atom stereocenters. The molecule has 0 bridgehead atoms. The zero-order valence-electron chi connectivity index (χ0n) is 10.0. The number of rotatable bonds is 2. The molecule has 0 spiro atoms. The highest BCUT2D eigenvalue weighted by atomic mass is 79.9. The van der Waals surface area contributed by atoms with E-state index in [1.165, 1.54) is 12.1 Å². The molecule has 3 nitrogen and oxygen atoms in total. The number of amides is 1. The van der Waals surface area contributed by atoms with Gasteiger partial charge < -0.3 is 10.6 Å². The van der Waals surface area contributed by atoms with Crippen molar-refractivity contribution in [1.82, 2.24) is 4.90 Å². The fourth-order valence-electron chi connectivity index (χ4n) is 2.33. The van der Waals surface area contributed by atoms with Gasteiger partial charge in [0.05, 0.1) is 5.56 Å². The van der Waals surface area contributed by atoms with E-state index in [1.54, 1.807) is 11.0 Å². The van der Waals surface area contributed by atoms with Crippen LogP contribution in [0.25, 0.3) is 0 Å². The molecule has 1 saturated heterocycles. The van der Waals surface area contributed by atoms with E-state index in [-0.39, 0.29) is 11.9 Å². The Morgan fingerprint density at radius 1 is 1.50 bits per heavy atom. The predicted molar refractivity (Wildman–Crippen MR) is 71.8 cm³/mol. The van der Waals surface area contributed by atoms with Crippen molar-refractivity contribution in [3.8, 4) is 0 Å². The minimum atomic E-state index is -0.400. The van der Waals surface area contributed by atoms with Gasteiger partial charge in [0.2, 0.25) is 0 Å². The van der Waals surface area contributed by atoms with Gasteiger partial charge >= 0.3 is 0 Å². The lowest BCUT2D eigenvalue weighted by atomic mass is 10.0. The van der Waals surface area contributed by atoms with Crippen molar-refractivity contribution in [2.75, 3.05) is 13.1 Å². The molecule has 2 rings (SSSR count). The van der Waals surface area contributed by atoms with E-state index >= 15 is 0 Å². The van der Waals surface area contributed by atoms with Gasteiger partial charge in [-0.2, -0.15) is 0 Å². The van der Waals surface area contributed by atoms with Crippen molar-refractivity contribution in [2.24, 2.45) is 5.73 Å². The lowest BCUT2D eigenvalue weighted by molar-refractivity contribution is 0.0622. The summed E-state index contributed by atoms with van der Waals surface area (Å²) < 4.78 is 13.9. The second-order valence-electron chi connectivity index (χ2n) is 4.51. The van der Waals surface area contributed by atoms with Crippen molar-refractivity contribution < 1.29 is 9.18 Å². The van der Waals surface area contributed by atoms with Crippen molar-refractivity contribution in [3.05, 3.63) is 34.1 Å². The molecule has 1 aromatic rings. The minimum absolute atomic E-state index is 0.0708. The third kappa shape index (κ3) is 2.72. The van der Waals surface area contributed by atoms with Gasteiger partial charge in [-0.15, -0.1) is 0 Å². The first kappa shape index (κ1) is 13.5. The van der Waals surface area contributed by atoms with Crippen LogP contribution in [0.4, 0.5) is 4.39 Å². The van der Waals surface area contributed by atoms with Gasteiger partial charge in [0, 0.05) is 23.6 Å². The Morgan fingerprint density at radius 2 is 2.28 bits per heavy atom. The molecule has 1 fully saturated rings. The van der Waals surface area contributed by atoms with Crippen molar-refractivity contribution in [2.45, 2.75) is 25.3 Å². The van der Waals surface area contributed by atoms with Gasteiger partial charge in [-0.25, -0.2) is 4.39 Å². The van der Waals surface area contributed by atoms with Gasteiger partial charge in [-0.1, -0.05) is 0 Å². The highest BCUT2D eigenvalue weighted by molar-refractivity contribution is 9.10. The molecule has 98 valence electrons. The van der Waals surface area contributed by atoms with Crippen molar-refractivity contribution >= 4 is 21.8 Å². The molecule has 0 aromatic heterocycles. The number of halogens is 2. The fraction of sp³-hybridized carbons (Fsp3) is 0.462. The van der Waals surface area contributed by atoms with Crippen LogP contribution in [0, 0.1) is 5.82 Å². The van der Waals surface area contributed by atoms with E-state index in [4.69, 9.17) is 5.73 Å². The highest BCUT2D eigenvalue weighted by Gasteiger charge is 2.27. The van der Waals surface area contributed by atoms with Gasteiger partial charge in [0.1, 0.15) is 5.82 Å². The van der Waals surface area contributed by atoms with Crippen LogP contribution in [0.2, 0.25) is 0 Å². The van der Waals surface area contributed by atoms with Crippen molar-refractivity contribution in [1.29, 1.82) is 0 Å². The lowest BCUT2D eigenvalue weighted by Gasteiger charge is -2.35. The molecule has 1 heterocycles. The number of nitrogens with two attached hydrogens (primary N) is 1. The maximum atomic E-state index is 13.2. The van der Waals surface area contributed by atoms with Crippen LogP contribution < -0.4 is 5.73 Å². The number of hydrogen-bond acceptors (Lipinski definition) is 2. The Hall–Kier alpha value is -0.940. The number of benzene rings is 1. The van der Waals surface area contributed by atoms with E-state index < -0.39 is 5.82 Å². The van der Waals surface area contributed by atoms with Gasteiger partial charge in [0.15, 0.2) is 0 Å². The summed E-state index contributed by atoms with van der Waals surface area (Å²) in [5, 5.41) is 0. The number of carbonyl (C=O) groups is 1. The summed E-state index contributed by atoms with van der Waals surface area (Å²) >= 11 is 3.29. The Kier molecular flexibility index (Phi) is 4.35. The van der Waals surface area contributed by atoms with Crippen LogP contribution in [0.5, 0.6) is 0 Å². The molecule has 1 aliphatic heterocycles. The number of nitrogens with zero attached hydrogens (tertiary/aromatic N) is 1. The number of piperidine rings is 1. The standard InChI is InChI=1S/C13H16BrFN2O/c14-12-5-4-9(15)7-11(12)13(18)17-6-2-1-3-10(17)8-16/h4-5,7,10H,1-3,6,8,16H2/t10-/m0/s1. The number of likely N-dealkylation sites (tertiary alicyclic amines) is 1. The fourth-order valence-corrected chi connectivity index (χ4v) is 2.75. The molecular weight excluding hydrogens is 299 g/mol. The third-order valence-electron chi connectivity index (χ3n) is 3.32. The maximum Gasteiger partial charge on any atom is 0.255 e. The summed E-state index contributed by atoms with van der Waals surface area (Å²) in [7, 11) is 0. The Balaban J connectivity index is 2.26. The summed E-state index contributed by atoms with van der Waals surface area (Å²) in [6.45, 7) is 1.16. The van der Waals surface area contributed by atoms with Crippen LogP contribution in [-0.2, 0) is 0 Å². The first-order valence-electron chi connectivity index (χ1n) is 6.09. The van der Waals surface area contributed by atoms with Crippen LogP contribution in [0.3, 0.4) is 0 Å². The molecule has 0 radical (unpaired) electrons. The predicted octanol–water partition coefficient (Wildman–Crippen LogP) is 2.54. The van der Waals surface area contributed by atoms with E-state index in [1.807, 2.05) is 0 Å². The summed E-state index contributed by atoms with van der Waals surface area (Å²) in [5.41, 5.74) is 6.07. The van der Waals surface area contributed by atoms with Crippen LogP contribution in [0.15, 0.2) is 22.7 Å². The Labute approximate surface area is 114 Å². The van der Waals surface area contributed by atoms with Crippen LogP contribution in [-0.4, -0.2) is 29.9 Å². The van der Waals surface area contributed by atoms with Crippen LogP contribution in [0.1, 0.15) is 29.6 Å². The average molecular weight is 315 g/mol. The van der Waals surface area contributed by atoms with E-state index in [0.29, 0.717) is 23.1 Å². The molecule has 18 heavy (non-hydrogen) atoms. The molecule has 1 amide bonds. The maximum absolute atomic E-state index is 13.2. The second kappa shape index (κ2) is 5.80. The third-order valence-corrected chi connectivity index (χ3v) is 4.01. The lowest BCUT2D eigenvalue weighted by Crippen LogP contribution is -2.47. The van der Waals surface area contributed by atoms with Crippen molar-refractivity contribution in [3.63, 3.8) is 0 Å². The smallest absolute Gasteiger partial charge is 0.255 e. The first-order chi connectivity index (χ1) is 8.63. The summed E-state index contributed by atoms with van der Waals surface area (Å²) in [5.74, 6) is -0.542. The molecule has 1 aliphatic rings. The molecule has 1 atom stereocenters. The normalized spacial score (nSPS) is 19.9. The number of hydrogen-bond donors (Lipinski definition) is 1. The first-order valence-corrected chi connectivity index (χ1v) is 6.89. The highest BCUT2D eigenvalue weighted by Crippen LogP contribution is 2.24. The van der Waals surface area contributed by atoms with E-state index in [9.17, 15) is 9.18 Å². The monoisotopic (exact) mass is 314 g/mol. The molecule has 0 aliphatic carbocycles. The van der Waals surface area contributed by atoms with Crippen LogP contribution >= 0.6 is 15.9 Å². The zero-order chi connectivity index (χ0) is 13.1. The molecular formula is C13H16BrFN2O. The molecule has 0 saturated carbocycles. The largest absolute Gasteiger partial charge is 0.334 e. The van der Waals surface area contributed by atoms with Gasteiger partial charge in [-0.05, 0) is 53.4 Å². The molecule has 2 N–H and O–H groups in total. The minimum Gasteiger partial charge on any atom is -0.334 e. The molecule has 1 aromatic carbocycles. The second-order valence-corrected chi connectivity index (χ2v) is 5.36. The summed E-state index contributed by atoms with van der Waals surface area (Å²) in [4.78, 5) is 14.2. The van der Waals surface area contributed by atoms with E-state index in [0.717, 1.165) is 19.3 Å².